The zero-order chi connectivity index (χ0) is 14.7. The Labute approximate surface area is 131 Å². The van der Waals surface area contributed by atoms with Crippen molar-refractivity contribution in [3.63, 3.8) is 0 Å². The molecule has 0 aromatic heterocycles. The van der Waals surface area contributed by atoms with Crippen molar-refractivity contribution in [1.82, 2.24) is 5.32 Å². The molecule has 2 atom stereocenters. The molecule has 2 unspecified atom stereocenters. The molecule has 1 N–H and O–H groups in total. The summed E-state index contributed by atoms with van der Waals surface area (Å²) in [6, 6.07) is 13.4. The molecule has 1 fully saturated rings. The van der Waals surface area contributed by atoms with E-state index in [2.05, 4.69) is 48.0 Å². The van der Waals surface area contributed by atoms with Gasteiger partial charge in [-0.2, -0.15) is 11.8 Å². The quantitative estimate of drug-likeness (QED) is 0.893. The Morgan fingerprint density at radius 3 is 2.81 bits per heavy atom. The summed E-state index contributed by atoms with van der Waals surface area (Å²) in [5.74, 6) is 0.987. The van der Waals surface area contributed by atoms with Gasteiger partial charge in [0.1, 0.15) is 5.75 Å². The first kappa shape index (κ1) is 14.7. The van der Waals surface area contributed by atoms with Crippen molar-refractivity contribution in [1.29, 1.82) is 0 Å². The van der Waals surface area contributed by atoms with Crippen molar-refractivity contribution >= 4 is 22.5 Å². The van der Waals surface area contributed by atoms with E-state index in [4.69, 9.17) is 4.74 Å². The van der Waals surface area contributed by atoms with Crippen molar-refractivity contribution in [2.24, 2.45) is 0 Å². The molecule has 2 aromatic carbocycles. The highest BCUT2D eigenvalue weighted by atomic mass is 32.2. The van der Waals surface area contributed by atoms with E-state index in [1.54, 1.807) is 7.11 Å². The average molecular weight is 301 g/mol. The summed E-state index contributed by atoms with van der Waals surface area (Å²) in [6.07, 6.45) is 6.14. The van der Waals surface area contributed by atoms with Crippen LogP contribution in [0.4, 0.5) is 0 Å². The second-order valence-corrected chi connectivity index (χ2v) is 6.85. The van der Waals surface area contributed by atoms with Crippen molar-refractivity contribution in [2.45, 2.75) is 37.1 Å². The fourth-order valence-electron chi connectivity index (χ4n) is 3.28. The summed E-state index contributed by atoms with van der Waals surface area (Å²) >= 11 is 2.00. The molecule has 0 bridgehead atoms. The summed E-state index contributed by atoms with van der Waals surface area (Å²) < 4.78 is 5.57. The predicted molar refractivity (Wildman–Crippen MR) is 92.3 cm³/mol. The number of thioether (sulfide) groups is 1. The minimum Gasteiger partial charge on any atom is -0.496 e. The van der Waals surface area contributed by atoms with Crippen LogP contribution in [0.2, 0.25) is 0 Å². The van der Waals surface area contributed by atoms with Crippen LogP contribution in [0.5, 0.6) is 5.75 Å². The van der Waals surface area contributed by atoms with Crippen molar-refractivity contribution in [2.75, 3.05) is 13.4 Å². The van der Waals surface area contributed by atoms with Crippen LogP contribution in [0.25, 0.3) is 10.8 Å². The first-order valence-electron chi connectivity index (χ1n) is 7.62. The number of nitrogens with one attached hydrogen (secondary N) is 1. The molecule has 0 heterocycles. The molecule has 3 heteroatoms. The van der Waals surface area contributed by atoms with E-state index < -0.39 is 0 Å². The van der Waals surface area contributed by atoms with Gasteiger partial charge < -0.3 is 10.1 Å². The molecule has 0 saturated heterocycles. The molecular formula is C18H23NOS. The third-order valence-corrected chi connectivity index (χ3v) is 5.60. The molecule has 0 amide bonds. The van der Waals surface area contributed by atoms with E-state index in [0.29, 0.717) is 6.04 Å². The third-order valence-electron chi connectivity index (χ3n) is 4.50. The Morgan fingerprint density at radius 2 is 2.05 bits per heavy atom. The van der Waals surface area contributed by atoms with Gasteiger partial charge in [0.25, 0.3) is 0 Å². The maximum absolute atomic E-state index is 5.57. The summed E-state index contributed by atoms with van der Waals surface area (Å²) in [5, 5.41) is 7.14. The number of fused-ring (bicyclic) bond motifs is 1. The summed E-state index contributed by atoms with van der Waals surface area (Å²) in [7, 11) is 1.76. The number of hydrogen-bond donors (Lipinski definition) is 1. The number of methoxy groups -OCH3 is 1. The van der Waals surface area contributed by atoms with Crippen molar-refractivity contribution in [3.8, 4) is 5.75 Å². The van der Waals surface area contributed by atoms with Gasteiger partial charge >= 0.3 is 0 Å². The van der Waals surface area contributed by atoms with Gasteiger partial charge in [-0.1, -0.05) is 30.3 Å². The second kappa shape index (κ2) is 6.71. The van der Waals surface area contributed by atoms with E-state index in [1.807, 2.05) is 11.8 Å². The Morgan fingerprint density at radius 1 is 1.19 bits per heavy atom. The normalized spacial score (nSPS) is 21.8. The number of benzene rings is 2. The molecule has 112 valence electrons. The lowest BCUT2D eigenvalue weighted by Crippen LogP contribution is -2.26. The van der Waals surface area contributed by atoms with Gasteiger partial charge in [0.15, 0.2) is 0 Å². The van der Waals surface area contributed by atoms with E-state index in [9.17, 15) is 0 Å². The van der Waals surface area contributed by atoms with Gasteiger partial charge in [-0.3, -0.25) is 0 Å². The fraction of sp³-hybridized carbons (Fsp3) is 0.444. The molecule has 2 aromatic rings. The van der Waals surface area contributed by atoms with Crippen LogP contribution >= 0.6 is 11.8 Å². The zero-order valence-corrected chi connectivity index (χ0v) is 13.6. The summed E-state index contributed by atoms with van der Waals surface area (Å²) in [6.45, 7) is 0.885. The second-order valence-electron chi connectivity index (χ2n) is 5.72. The summed E-state index contributed by atoms with van der Waals surface area (Å²) in [5.41, 5.74) is 1.28. The van der Waals surface area contributed by atoms with Gasteiger partial charge in [-0.05, 0) is 42.4 Å². The minimum absolute atomic E-state index is 0.645. The van der Waals surface area contributed by atoms with Gasteiger partial charge in [-0.15, -0.1) is 0 Å². The molecule has 3 rings (SSSR count). The maximum atomic E-state index is 5.57. The monoisotopic (exact) mass is 301 g/mol. The van der Waals surface area contributed by atoms with E-state index in [-0.39, 0.29) is 0 Å². The average Bonchev–Trinajstić information content (AvgIpc) is 3.00. The van der Waals surface area contributed by atoms with E-state index >= 15 is 0 Å². The standard InChI is InChI=1S/C18H23NOS/c1-20-18-10-7-13-5-3-4-6-16(13)17(18)12-19-14-8-9-15(11-14)21-2/h3-7,10,14-15,19H,8-9,11-12H2,1-2H3. The van der Waals surface area contributed by atoms with Crippen LogP contribution in [-0.4, -0.2) is 24.7 Å². The van der Waals surface area contributed by atoms with Crippen LogP contribution in [0.3, 0.4) is 0 Å². The van der Waals surface area contributed by atoms with Crippen LogP contribution in [0.1, 0.15) is 24.8 Å². The lowest BCUT2D eigenvalue weighted by Gasteiger charge is -2.16. The number of hydrogen-bond acceptors (Lipinski definition) is 3. The molecular weight excluding hydrogens is 278 g/mol. The van der Waals surface area contributed by atoms with Crippen molar-refractivity contribution in [3.05, 3.63) is 42.0 Å². The molecule has 1 saturated carbocycles. The van der Waals surface area contributed by atoms with Gasteiger partial charge in [0.05, 0.1) is 7.11 Å². The maximum Gasteiger partial charge on any atom is 0.123 e. The fourth-order valence-corrected chi connectivity index (χ4v) is 4.07. The van der Waals surface area contributed by atoms with Gasteiger partial charge in [0, 0.05) is 23.4 Å². The summed E-state index contributed by atoms with van der Waals surface area (Å²) in [4.78, 5) is 0. The topological polar surface area (TPSA) is 21.3 Å². The van der Waals surface area contributed by atoms with E-state index in [1.165, 1.54) is 35.6 Å². The number of ether oxygens (including phenoxy) is 1. The Hall–Kier alpha value is -1.19. The minimum atomic E-state index is 0.645. The SMILES string of the molecule is COc1ccc2ccccc2c1CNC1CCC(SC)C1. The molecule has 2 nitrogen and oxygen atoms in total. The lowest BCUT2D eigenvalue weighted by atomic mass is 10.0. The molecule has 0 aliphatic heterocycles. The molecule has 0 radical (unpaired) electrons. The molecule has 21 heavy (non-hydrogen) atoms. The predicted octanol–water partition coefficient (Wildman–Crippen LogP) is 4.22. The third kappa shape index (κ3) is 3.19. The van der Waals surface area contributed by atoms with Crippen molar-refractivity contribution < 1.29 is 4.74 Å². The molecule has 1 aliphatic carbocycles. The first-order chi connectivity index (χ1) is 10.3. The highest BCUT2D eigenvalue weighted by molar-refractivity contribution is 7.99. The largest absolute Gasteiger partial charge is 0.496 e. The number of rotatable bonds is 5. The Balaban J connectivity index is 1.79. The lowest BCUT2D eigenvalue weighted by molar-refractivity contribution is 0.406. The Bertz CT molecular complexity index is 613. The molecule has 0 spiro atoms. The highest BCUT2D eigenvalue weighted by Gasteiger charge is 2.23. The Kier molecular flexibility index (Phi) is 4.71. The first-order valence-corrected chi connectivity index (χ1v) is 8.91. The van der Waals surface area contributed by atoms with Crippen LogP contribution in [0.15, 0.2) is 36.4 Å². The highest BCUT2D eigenvalue weighted by Crippen LogP contribution is 2.31. The van der Waals surface area contributed by atoms with Gasteiger partial charge in [-0.25, -0.2) is 0 Å². The van der Waals surface area contributed by atoms with Crippen LogP contribution in [-0.2, 0) is 6.54 Å². The smallest absolute Gasteiger partial charge is 0.123 e. The van der Waals surface area contributed by atoms with Gasteiger partial charge in [0.2, 0.25) is 0 Å². The van der Waals surface area contributed by atoms with Crippen LogP contribution < -0.4 is 10.1 Å². The van der Waals surface area contributed by atoms with Crippen LogP contribution in [0, 0.1) is 0 Å². The van der Waals surface area contributed by atoms with E-state index in [0.717, 1.165) is 17.5 Å². The molecule has 1 aliphatic rings. The zero-order valence-electron chi connectivity index (χ0n) is 12.8.